The molecule has 0 saturated carbocycles. The molecule has 1 nitrogen and oxygen atoms in total. The number of allylic oxidation sites excluding steroid dienone is 2. The lowest BCUT2D eigenvalue weighted by molar-refractivity contribution is -0.104. The molecule has 0 amide bonds. The highest BCUT2D eigenvalue weighted by Gasteiger charge is 1.91. The van der Waals surface area contributed by atoms with Crippen LogP contribution in [0, 0.1) is 23.7 Å². The van der Waals surface area contributed by atoms with Crippen LogP contribution in [0.3, 0.4) is 0 Å². The Morgan fingerprint density at radius 2 is 1.08 bits per heavy atom. The van der Waals surface area contributed by atoms with Gasteiger partial charge in [0.1, 0.15) is 6.29 Å². The fourth-order valence-corrected chi connectivity index (χ4v) is 2.90. The molecule has 0 aromatic carbocycles. The van der Waals surface area contributed by atoms with Gasteiger partial charge in [-0.25, -0.2) is 0 Å². The van der Waals surface area contributed by atoms with Crippen LogP contribution in [0.15, 0.2) is 12.2 Å². The number of carbonyl (C=O) groups excluding carboxylic acids is 1. The lowest BCUT2D eigenvalue weighted by Gasteiger charge is -2.00. The maximum absolute atomic E-state index is 10.1. The van der Waals surface area contributed by atoms with Gasteiger partial charge in [0.2, 0.25) is 0 Å². The molecule has 26 heavy (non-hydrogen) atoms. The summed E-state index contributed by atoms with van der Waals surface area (Å²) < 4.78 is 0. The Morgan fingerprint density at radius 3 is 1.58 bits per heavy atom. The van der Waals surface area contributed by atoms with Crippen LogP contribution in [0.2, 0.25) is 0 Å². The molecule has 0 aliphatic carbocycles. The number of rotatable bonds is 17. The average molecular weight is 357 g/mol. The molecular weight excluding hydrogens is 316 g/mol. The van der Waals surface area contributed by atoms with Crippen molar-refractivity contribution in [2.75, 3.05) is 0 Å². The first-order valence-electron chi connectivity index (χ1n) is 11.0. The van der Waals surface area contributed by atoms with Crippen molar-refractivity contribution in [3.8, 4) is 23.7 Å². The molecule has 0 bridgehead atoms. The van der Waals surface area contributed by atoms with E-state index in [0.717, 1.165) is 38.4 Å². The van der Waals surface area contributed by atoms with Crippen molar-refractivity contribution in [3.05, 3.63) is 12.2 Å². The molecule has 0 spiro atoms. The van der Waals surface area contributed by atoms with Crippen molar-refractivity contribution >= 4 is 6.29 Å². The Balaban J connectivity index is 3.26. The molecule has 0 unspecified atom stereocenters. The van der Waals surface area contributed by atoms with Gasteiger partial charge in [0, 0.05) is 12.8 Å². The van der Waals surface area contributed by atoms with Crippen molar-refractivity contribution in [2.24, 2.45) is 0 Å². The summed E-state index contributed by atoms with van der Waals surface area (Å²) in [6.45, 7) is 2.27. The summed E-state index contributed by atoms with van der Waals surface area (Å²) in [5.41, 5.74) is 0. The van der Waals surface area contributed by atoms with Gasteiger partial charge < -0.3 is 0 Å². The van der Waals surface area contributed by atoms with E-state index in [0.29, 0.717) is 0 Å². The van der Waals surface area contributed by atoms with Crippen LogP contribution in [0.1, 0.15) is 116 Å². The van der Waals surface area contributed by atoms with Crippen LogP contribution >= 0.6 is 0 Å². The van der Waals surface area contributed by atoms with Gasteiger partial charge in [-0.1, -0.05) is 95.5 Å². The van der Waals surface area contributed by atoms with Gasteiger partial charge in [-0.3, -0.25) is 4.79 Å². The number of unbranched alkanes of at least 4 members (excludes halogenated alkanes) is 15. The summed E-state index contributed by atoms with van der Waals surface area (Å²) in [6.07, 6.45) is 25.8. The summed E-state index contributed by atoms with van der Waals surface area (Å²) >= 11 is 0. The van der Waals surface area contributed by atoms with E-state index < -0.39 is 0 Å². The van der Waals surface area contributed by atoms with Gasteiger partial charge in [-0.15, -0.1) is 0 Å². The van der Waals surface area contributed by atoms with Crippen LogP contribution in [0.25, 0.3) is 0 Å². The highest BCUT2D eigenvalue weighted by atomic mass is 16.1. The first-order valence-corrected chi connectivity index (χ1v) is 11.0. The molecule has 0 aromatic heterocycles. The molecule has 0 fully saturated rings. The number of hydrogen-bond acceptors (Lipinski definition) is 1. The van der Waals surface area contributed by atoms with Gasteiger partial charge >= 0.3 is 0 Å². The van der Waals surface area contributed by atoms with E-state index in [9.17, 15) is 4.79 Å². The molecule has 0 saturated heterocycles. The second-order valence-electron chi connectivity index (χ2n) is 7.05. The molecule has 0 N–H and O–H groups in total. The summed E-state index contributed by atoms with van der Waals surface area (Å²) in [4.78, 5) is 10.1. The van der Waals surface area contributed by atoms with E-state index in [2.05, 4.69) is 30.6 Å². The highest BCUT2D eigenvalue weighted by molar-refractivity contribution is 5.64. The van der Waals surface area contributed by atoms with E-state index >= 15 is 0 Å². The quantitative estimate of drug-likeness (QED) is 0.115. The average Bonchev–Trinajstić information content (AvgIpc) is 2.66. The molecule has 0 aliphatic heterocycles. The first-order chi connectivity index (χ1) is 12.9. The minimum Gasteiger partial charge on any atom is -0.299 e. The Kier molecular flexibility index (Phi) is 22.2. The number of hydrogen-bond donors (Lipinski definition) is 0. The molecular formula is C25H40O. The van der Waals surface area contributed by atoms with Crippen molar-refractivity contribution < 1.29 is 4.79 Å². The normalized spacial score (nSPS) is 10.2. The summed E-state index contributed by atoms with van der Waals surface area (Å²) in [5, 5.41) is 0. The standard InChI is InChI=1S/C25H40O/c1-2-3-4-5-6-7-8-9-10-11-12-13-14-15-16-17-18-19-20-21-22-23-24-25-26/h23-25H,2-12,17-22H2,1H3. The van der Waals surface area contributed by atoms with Crippen molar-refractivity contribution in [1.82, 2.24) is 0 Å². The minimum absolute atomic E-state index is 0.840. The maximum Gasteiger partial charge on any atom is 0.142 e. The second kappa shape index (κ2) is 23.5. The smallest absolute Gasteiger partial charge is 0.142 e. The van der Waals surface area contributed by atoms with Gasteiger partial charge in [0.05, 0.1) is 0 Å². The van der Waals surface area contributed by atoms with Crippen molar-refractivity contribution in [3.63, 3.8) is 0 Å². The molecule has 0 aliphatic rings. The Bertz CT molecular complexity index is 438. The van der Waals surface area contributed by atoms with E-state index in [1.807, 2.05) is 6.08 Å². The molecule has 0 heterocycles. The maximum atomic E-state index is 10.1. The van der Waals surface area contributed by atoms with Gasteiger partial charge in [-0.2, -0.15) is 0 Å². The van der Waals surface area contributed by atoms with Gasteiger partial charge in [-0.05, 0) is 43.6 Å². The molecule has 0 radical (unpaired) electrons. The Hall–Kier alpha value is -1.47. The topological polar surface area (TPSA) is 17.1 Å². The highest BCUT2D eigenvalue weighted by Crippen LogP contribution is 2.11. The molecule has 0 aromatic rings. The monoisotopic (exact) mass is 356 g/mol. The second-order valence-corrected chi connectivity index (χ2v) is 7.05. The van der Waals surface area contributed by atoms with E-state index in [4.69, 9.17) is 0 Å². The van der Waals surface area contributed by atoms with Crippen LogP contribution in [0.5, 0.6) is 0 Å². The van der Waals surface area contributed by atoms with Gasteiger partial charge in [0.15, 0.2) is 0 Å². The fraction of sp³-hybridized carbons (Fsp3) is 0.720. The predicted molar refractivity (Wildman–Crippen MR) is 115 cm³/mol. The van der Waals surface area contributed by atoms with E-state index in [1.54, 1.807) is 6.08 Å². The number of carbonyl (C=O) groups is 1. The predicted octanol–water partition coefficient (Wildman–Crippen LogP) is 7.40. The molecule has 0 rings (SSSR count). The third-order valence-electron chi connectivity index (χ3n) is 4.53. The van der Waals surface area contributed by atoms with E-state index in [-0.39, 0.29) is 0 Å². The summed E-state index contributed by atoms with van der Waals surface area (Å²) in [5.74, 6) is 12.3. The minimum atomic E-state index is 0.840. The van der Waals surface area contributed by atoms with E-state index in [1.165, 1.54) is 77.0 Å². The molecule has 0 atom stereocenters. The largest absolute Gasteiger partial charge is 0.299 e. The van der Waals surface area contributed by atoms with Crippen LogP contribution in [-0.2, 0) is 4.79 Å². The van der Waals surface area contributed by atoms with Crippen LogP contribution < -0.4 is 0 Å². The zero-order chi connectivity index (χ0) is 19.0. The molecule has 1 heteroatoms. The first kappa shape index (κ1) is 24.5. The van der Waals surface area contributed by atoms with Gasteiger partial charge in [0.25, 0.3) is 0 Å². The Labute approximate surface area is 163 Å². The number of aldehydes is 1. The fourth-order valence-electron chi connectivity index (χ4n) is 2.90. The summed E-state index contributed by atoms with van der Waals surface area (Å²) in [6, 6.07) is 0. The third kappa shape index (κ3) is 22.5. The Morgan fingerprint density at radius 1 is 0.615 bits per heavy atom. The zero-order valence-electron chi connectivity index (χ0n) is 17.2. The van der Waals surface area contributed by atoms with Crippen LogP contribution in [-0.4, -0.2) is 6.29 Å². The van der Waals surface area contributed by atoms with Crippen molar-refractivity contribution in [1.29, 1.82) is 0 Å². The lowest BCUT2D eigenvalue weighted by atomic mass is 10.1. The third-order valence-corrected chi connectivity index (χ3v) is 4.53. The zero-order valence-corrected chi connectivity index (χ0v) is 17.2. The van der Waals surface area contributed by atoms with Crippen molar-refractivity contribution in [2.45, 2.75) is 116 Å². The SMILES string of the molecule is CCCCCCCCCCCCC#CC#CCCCCCCC=CC=O. The molecule has 146 valence electrons. The summed E-state index contributed by atoms with van der Waals surface area (Å²) in [7, 11) is 0. The van der Waals surface area contributed by atoms with Crippen LogP contribution in [0.4, 0.5) is 0 Å². The lowest BCUT2D eigenvalue weighted by Crippen LogP contribution is -1.81.